The Kier molecular flexibility index (Phi) is 6.02. The zero-order valence-electron chi connectivity index (χ0n) is 14.2. The molecule has 0 aliphatic carbocycles. The molecule has 0 fully saturated rings. The number of rotatable bonds is 4. The van der Waals surface area contributed by atoms with Crippen molar-refractivity contribution in [2.75, 3.05) is 5.32 Å². The van der Waals surface area contributed by atoms with Gasteiger partial charge in [-0.3, -0.25) is 15.2 Å². The van der Waals surface area contributed by atoms with Gasteiger partial charge in [-0.2, -0.15) is 5.10 Å². The molecule has 1 aromatic heterocycles. The number of hydrazone groups is 1. The zero-order valence-corrected chi connectivity index (χ0v) is 16.6. The first-order chi connectivity index (χ1) is 13.5. The number of hydrogen-bond donors (Lipinski definition) is 4. The van der Waals surface area contributed by atoms with Gasteiger partial charge < -0.3 is 10.4 Å². The van der Waals surface area contributed by atoms with Crippen LogP contribution in [0.2, 0.25) is 0 Å². The Morgan fingerprint density at radius 3 is 2.50 bits per heavy atom. The molecule has 0 atom stereocenters. The van der Waals surface area contributed by atoms with Gasteiger partial charge in [0.15, 0.2) is 5.11 Å². The van der Waals surface area contributed by atoms with Crippen LogP contribution in [0.15, 0.2) is 73.8 Å². The normalized spacial score (nSPS) is 10.8. The van der Waals surface area contributed by atoms with E-state index in [1.54, 1.807) is 24.3 Å². The molecule has 0 saturated carbocycles. The van der Waals surface area contributed by atoms with Gasteiger partial charge in [-0.15, -0.1) is 0 Å². The largest absolute Gasteiger partial charge is 0.493 e. The van der Waals surface area contributed by atoms with Gasteiger partial charge in [-0.1, -0.05) is 34.1 Å². The standard InChI is InChI=1S/C18H14BrN5O3S/c19-11-6-8-13(9-7-11)24-16(26)14(15(25)22-18(24)27)10-20-23-17(28)21-12-4-2-1-3-5-12/h1-10,26H,(H2,21,23,28)(H,22,25,27)/b20-10+. The molecule has 8 nitrogen and oxygen atoms in total. The number of H-pyrrole nitrogens is 1. The minimum atomic E-state index is -0.775. The van der Waals surface area contributed by atoms with Crippen LogP contribution < -0.4 is 22.0 Å². The lowest BCUT2D eigenvalue weighted by molar-refractivity contribution is 0.430. The number of aromatic amines is 1. The average molecular weight is 460 g/mol. The Morgan fingerprint density at radius 1 is 1.14 bits per heavy atom. The monoisotopic (exact) mass is 459 g/mol. The maximum Gasteiger partial charge on any atom is 0.335 e. The smallest absolute Gasteiger partial charge is 0.335 e. The Morgan fingerprint density at radius 2 is 1.82 bits per heavy atom. The SMILES string of the molecule is O=c1[nH]c(=O)n(-c2ccc(Br)cc2)c(O)c1/C=N/NC(=S)Nc1ccccc1. The fraction of sp³-hybridized carbons (Fsp3) is 0. The Labute approximate surface area is 172 Å². The molecule has 0 aliphatic heterocycles. The highest BCUT2D eigenvalue weighted by atomic mass is 79.9. The van der Waals surface area contributed by atoms with Crippen LogP contribution in [0.25, 0.3) is 5.69 Å². The second-order valence-electron chi connectivity index (χ2n) is 5.50. The first-order valence-corrected chi connectivity index (χ1v) is 9.15. The summed E-state index contributed by atoms with van der Waals surface area (Å²) < 4.78 is 1.77. The topological polar surface area (TPSA) is 112 Å². The van der Waals surface area contributed by atoms with Crippen LogP contribution in [0.5, 0.6) is 5.88 Å². The van der Waals surface area contributed by atoms with Crippen molar-refractivity contribution < 1.29 is 5.11 Å². The minimum absolute atomic E-state index is 0.194. The number of nitrogens with one attached hydrogen (secondary N) is 3. The third-order valence-electron chi connectivity index (χ3n) is 3.60. The Bertz CT molecular complexity index is 1140. The third kappa shape index (κ3) is 4.53. The molecule has 1 heterocycles. The second kappa shape index (κ2) is 8.63. The molecule has 0 spiro atoms. The van der Waals surface area contributed by atoms with Crippen LogP contribution in [0, 0.1) is 0 Å². The van der Waals surface area contributed by atoms with Crippen LogP contribution >= 0.6 is 28.1 Å². The number of nitrogens with zero attached hydrogens (tertiary/aromatic N) is 2. The number of para-hydroxylation sites is 1. The quantitative estimate of drug-likeness (QED) is 0.270. The number of aromatic hydroxyl groups is 1. The van der Waals surface area contributed by atoms with E-state index in [1.165, 1.54) is 0 Å². The molecule has 10 heteroatoms. The summed E-state index contributed by atoms with van der Waals surface area (Å²) in [5.41, 5.74) is 1.95. The molecule has 0 unspecified atom stereocenters. The predicted molar refractivity (Wildman–Crippen MR) is 115 cm³/mol. The second-order valence-corrected chi connectivity index (χ2v) is 6.82. The van der Waals surface area contributed by atoms with E-state index in [4.69, 9.17) is 12.2 Å². The fourth-order valence-electron chi connectivity index (χ4n) is 2.32. The van der Waals surface area contributed by atoms with Crippen molar-refractivity contribution in [1.82, 2.24) is 15.0 Å². The molecular weight excluding hydrogens is 446 g/mol. The highest BCUT2D eigenvalue weighted by molar-refractivity contribution is 9.10. The maximum absolute atomic E-state index is 12.1. The molecule has 0 aliphatic rings. The lowest BCUT2D eigenvalue weighted by Crippen LogP contribution is -2.31. The summed E-state index contributed by atoms with van der Waals surface area (Å²) in [6.45, 7) is 0. The van der Waals surface area contributed by atoms with Crippen LogP contribution in [-0.2, 0) is 0 Å². The van der Waals surface area contributed by atoms with E-state index < -0.39 is 17.1 Å². The summed E-state index contributed by atoms with van der Waals surface area (Å²) in [6.07, 6.45) is 1.09. The molecule has 3 rings (SSSR count). The number of aromatic nitrogens is 2. The van der Waals surface area contributed by atoms with E-state index in [0.29, 0.717) is 5.69 Å². The zero-order chi connectivity index (χ0) is 20.1. The third-order valence-corrected chi connectivity index (χ3v) is 4.32. The van der Waals surface area contributed by atoms with E-state index in [2.05, 4.69) is 36.8 Å². The van der Waals surface area contributed by atoms with E-state index in [-0.39, 0.29) is 10.7 Å². The van der Waals surface area contributed by atoms with E-state index >= 15 is 0 Å². The van der Waals surface area contributed by atoms with Gasteiger partial charge in [0.2, 0.25) is 5.88 Å². The summed E-state index contributed by atoms with van der Waals surface area (Å²) in [7, 11) is 0. The van der Waals surface area contributed by atoms with E-state index in [1.807, 2.05) is 30.3 Å². The number of benzene rings is 2. The lowest BCUT2D eigenvalue weighted by Gasteiger charge is -2.10. The van der Waals surface area contributed by atoms with Crippen LogP contribution in [0.3, 0.4) is 0 Å². The van der Waals surface area contributed by atoms with Gasteiger partial charge in [0.25, 0.3) is 5.56 Å². The Hall–Kier alpha value is -3.24. The molecule has 0 radical (unpaired) electrons. The van der Waals surface area contributed by atoms with Gasteiger partial charge in [0.05, 0.1) is 11.9 Å². The van der Waals surface area contributed by atoms with Gasteiger partial charge in [-0.05, 0) is 48.6 Å². The molecule has 28 heavy (non-hydrogen) atoms. The summed E-state index contributed by atoms with van der Waals surface area (Å²) in [6, 6.07) is 15.8. The molecule has 142 valence electrons. The van der Waals surface area contributed by atoms with E-state index in [0.717, 1.165) is 20.9 Å². The minimum Gasteiger partial charge on any atom is -0.493 e. The first-order valence-electron chi connectivity index (χ1n) is 7.95. The predicted octanol–water partition coefficient (Wildman–Crippen LogP) is 2.31. The molecule has 0 bridgehead atoms. The van der Waals surface area contributed by atoms with Gasteiger partial charge in [0, 0.05) is 10.2 Å². The maximum atomic E-state index is 12.1. The molecule has 0 saturated heterocycles. The molecule has 4 N–H and O–H groups in total. The highest BCUT2D eigenvalue weighted by Crippen LogP contribution is 2.17. The summed E-state index contributed by atoms with van der Waals surface area (Å²) in [5, 5.41) is 17.4. The van der Waals surface area contributed by atoms with Gasteiger partial charge in [-0.25, -0.2) is 9.36 Å². The van der Waals surface area contributed by atoms with E-state index in [9.17, 15) is 14.7 Å². The summed E-state index contributed by atoms with van der Waals surface area (Å²) in [4.78, 5) is 26.3. The number of hydrogen-bond acceptors (Lipinski definition) is 5. The van der Waals surface area contributed by atoms with Crippen LogP contribution in [0.1, 0.15) is 5.56 Å². The number of anilines is 1. The van der Waals surface area contributed by atoms with Crippen molar-refractivity contribution >= 4 is 45.2 Å². The molecular formula is C18H14BrN5O3S. The highest BCUT2D eigenvalue weighted by Gasteiger charge is 2.14. The van der Waals surface area contributed by atoms with Crippen molar-refractivity contribution in [2.24, 2.45) is 5.10 Å². The molecule has 3 aromatic rings. The van der Waals surface area contributed by atoms with Crippen molar-refractivity contribution in [3.05, 3.63) is 85.5 Å². The summed E-state index contributed by atoms with van der Waals surface area (Å²) >= 11 is 8.41. The average Bonchev–Trinajstić information content (AvgIpc) is 2.66. The Balaban J connectivity index is 1.84. The van der Waals surface area contributed by atoms with Gasteiger partial charge >= 0.3 is 5.69 Å². The lowest BCUT2D eigenvalue weighted by atomic mass is 10.3. The van der Waals surface area contributed by atoms with Gasteiger partial charge in [0.1, 0.15) is 5.56 Å². The van der Waals surface area contributed by atoms with Crippen LogP contribution in [0.4, 0.5) is 5.69 Å². The molecule has 0 amide bonds. The molecule has 2 aromatic carbocycles. The van der Waals surface area contributed by atoms with Crippen molar-refractivity contribution in [3.63, 3.8) is 0 Å². The first kappa shape index (κ1) is 19.5. The number of halogens is 1. The van der Waals surface area contributed by atoms with Crippen molar-refractivity contribution in [2.45, 2.75) is 0 Å². The number of thiocarbonyl (C=S) groups is 1. The summed E-state index contributed by atoms with van der Waals surface area (Å²) in [5.74, 6) is -0.538. The van der Waals surface area contributed by atoms with Crippen molar-refractivity contribution in [3.8, 4) is 11.6 Å². The van der Waals surface area contributed by atoms with Crippen LogP contribution in [-0.4, -0.2) is 26.0 Å². The fourth-order valence-corrected chi connectivity index (χ4v) is 2.76. The van der Waals surface area contributed by atoms with Crippen molar-refractivity contribution in [1.29, 1.82) is 0 Å².